The van der Waals surface area contributed by atoms with Gasteiger partial charge in [0.25, 0.3) is 0 Å². The van der Waals surface area contributed by atoms with Gasteiger partial charge in [0, 0.05) is 6.54 Å². The molecule has 14 heavy (non-hydrogen) atoms. The van der Waals surface area contributed by atoms with Crippen LogP contribution < -0.4 is 0 Å². The highest BCUT2D eigenvalue weighted by Gasteiger charge is 2.08. The van der Waals surface area contributed by atoms with Crippen molar-refractivity contribution in [1.29, 1.82) is 0 Å². The summed E-state index contributed by atoms with van der Waals surface area (Å²) >= 11 is 0. The lowest BCUT2D eigenvalue weighted by atomic mass is 9.97. The number of hydrogen-bond acceptors (Lipinski definition) is 1. The zero-order chi connectivity index (χ0) is 10.7. The summed E-state index contributed by atoms with van der Waals surface area (Å²) in [4.78, 5) is 2.06. The molecular weight excluding hydrogens is 177 g/mol. The third-order valence-electron chi connectivity index (χ3n) is 2.21. The summed E-state index contributed by atoms with van der Waals surface area (Å²) in [5.41, 5.74) is 2.32. The van der Waals surface area contributed by atoms with Gasteiger partial charge in [-0.3, -0.25) is 0 Å². The predicted molar refractivity (Wildman–Crippen MR) is 57.9 cm³/mol. The minimum atomic E-state index is -0.147. The minimum Gasteiger partial charge on any atom is -0.305 e. The highest BCUT2D eigenvalue weighted by atomic mass is 19.1. The van der Waals surface area contributed by atoms with Crippen molar-refractivity contribution in [2.75, 3.05) is 14.1 Å². The van der Waals surface area contributed by atoms with E-state index < -0.39 is 0 Å². The third-order valence-corrected chi connectivity index (χ3v) is 2.21. The Morgan fingerprint density at radius 3 is 2.43 bits per heavy atom. The van der Waals surface area contributed by atoms with Gasteiger partial charge in [0.1, 0.15) is 5.82 Å². The van der Waals surface area contributed by atoms with E-state index >= 15 is 0 Å². The van der Waals surface area contributed by atoms with Gasteiger partial charge in [0.15, 0.2) is 0 Å². The minimum absolute atomic E-state index is 0.147. The molecule has 0 amide bonds. The van der Waals surface area contributed by atoms with E-state index in [1.165, 1.54) is 11.6 Å². The van der Waals surface area contributed by atoms with Crippen molar-refractivity contribution >= 4 is 0 Å². The van der Waals surface area contributed by atoms with Crippen molar-refractivity contribution in [2.24, 2.45) is 0 Å². The van der Waals surface area contributed by atoms with Crippen molar-refractivity contribution in [3.63, 3.8) is 0 Å². The lowest BCUT2D eigenvalue weighted by molar-refractivity contribution is 0.399. The number of nitrogens with zero attached hydrogens (tertiary/aromatic N) is 1. The normalized spacial score (nSPS) is 11.4. The second-order valence-corrected chi connectivity index (χ2v) is 4.24. The van der Waals surface area contributed by atoms with E-state index in [0.29, 0.717) is 5.92 Å². The van der Waals surface area contributed by atoms with Gasteiger partial charge < -0.3 is 4.90 Å². The molecule has 1 aromatic rings. The van der Waals surface area contributed by atoms with Crippen molar-refractivity contribution in [3.8, 4) is 0 Å². The zero-order valence-corrected chi connectivity index (χ0v) is 9.34. The molecule has 0 N–H and O–H groups in total. The van der Waals surface area contributed by atoms with Crippen LogP contribution in [0.4, 0.5) is 4.39 Å². The average Bonchev–Trinajstić information content (AvgIpc) is 2.01. The van der Waals surface area contributed by atoms with Crippen LogP contribution in [0.25, 0.3) is 0 Å². The Kier molecular flexibility index (Phi) is 3.64. The van der Waals surface area contributed by atoms with E-state index in [1.807, 2.05) is 20.2 Å². The first-order chi connectivity index (χ1) is 6.50. The molecular formula is C12H18FN. The van der Waals surface area contributed by atoms with Crippen LogP contribution >= 0.6 is 0 Å². The van der Waals surface area contributed by atoms with Crippen molar-refractivity contribution in [3.05, 3.63) is 35.1 Å². The summed E-state index contributed by atoms with van der Waals surface area (Å²) in [7, 11) is 3.99. The fourth-order valence-corrected chi connectivity index (χ4v) is 1.62. The lowest BCUT2D eigenvalue weighted by Crippen LogP contribution is -2.13. The first-order valence-corrected chi connectivity index (χ1v) is 4.93. The SMILES string of the molecule is CC(C)c1ccc(F)cc1CN(C)C. The highest BCUT2D eigenvalue weighted by molar-refractivity contribution is 5.30. The molecule has 0 aliphatic carbocycles. The van der Waals surface area contributed by atoms with Gasteiger partial charge in [-0.2, -0.15) is 0 Å². The molecule has 0 aromatic heterocycles. The molecule has 0 saturated carbocycles. The summed E-state index contributed by atoms with van der Waals surface area (Å²) in [6.07, 6.45) is 0. The van der Waals surface area contributed by atoms with Crippen LogP contribution in [0, 0.1) is 5.82 Å². The maximum Gasteiger partial charge on any atom is 0.123 e. The molecule has 0 heterocycles. The number of benzene rings is 1. The molecule has 1 aromatic carbocycles. The first-order valence-electron chi connectivity index (χ1n) is 4.93. The van der Waals surface area contributed by atoms with Crippen LogP contribution in [0.3, 0.4) is 0 Å². The zero-order valence-electron chi connectivity index (χ0n) is 9.34. The monoisotopic (exact) mass is 195 g/mol. The Balaban J connectivity index is 3.03. The molecule has 78 valence electrons. The maximum atomic E-state index is 13.0. The molecule has 0 radical (unpaired) electrons. The van der Waals surface area contributed by atoms with Gasteiger partial charge in [-0.25, -0.2) is 4.39 Å². The second-order valence-electron chi connectivity index (χ2n) is 4.24. The maximum absolute atomic E-state index is 13.0. The van der Waals surface area contributed by atoms with Crippen molar-refractivity contribution in [1.82, 2.24) is 4.90 Å². The Morgan fingerprint density at radius 1 is 1.29 bits per heavy atom. The number of halogens is 1. The predicted octanol–water partition coefficient (Wildman–Crippen LogP) is 3.01. The molecule has 0 bridgehead atoms. The van der Waals surface area contributed by atoms with E-state index in [9.17, 15) is 4.39 Å². The van der Waals surface area contributed by atoms with E-state index in [1.54, 1.807) is 6.07 Å². The highest BCUT2D eigenvalue weighted by Crippen LogP contribution is 2.21. The fraction of sp³-hybridized carbons (Fsp3) is 0.500. The van der Waals surface area contributed by atoms with Gasteiger partial charge in [-0.05, 0) is 43.3 Å². The van der Waals surface area contributed by atoms with Gasteiger partial charge in [-0.1, -0.05) is 19.9 Å². The van der Waals surface area contributed by atoms with Crippen molar-refractivity contribution < 1.29 is 4.39 Å². The average molecular weight is 195 g/mol. The van der Waals surface area contributed by atoms with Crippen LogP contribution in [-0.4, -0.2) is 19.0 Å². The molecule has 2 heteroatoms. The largest absolute Gasteiger partial charge is 0.305 e. The molecule has 0 atom stereocenters. The fourth-order valence-electron chi connectivity index (χ4n) is 1.62. The molecule has 0 spiro atoms. The van der Waals surface area contributed by atoms with Gasteiger partial charge in [-0.15, -0.1) is 0 Å². The molecule has 0 saturated heterocycles. The van der Waals surface area contributed by atoms with E-state index in [0.717, 1.165) is 12.1 Å². The Morgan fingerprint density at radius 2 is 1.93 bits per heavy atom. The molecule has 0 aliphatic heterocycles. The summed E-state index contributed by atoms with van der Waals surface area (Å²) in [6.45, 7) is 5.06. The van der Waals surface area contributed by atoms with Gasteiger partial charge in [0.2, 0.25) is 0 Å². The van der Waals surface area contributed by atoms with Gasteiger partial charge >= 0.3 is 0 Å². The van der Waals surface area contributed by atoms with Crippen LogP contribution in [0.5, 0.6) is 0 Å². The van der Waals surface area contributed by atoms with Gasteiger partial charge in [0.05, 0.1) is 0 Å². The lowest BCUT2D eigenvalue weighted by Gasteiger charge is -2.16. The van der Waals surface area contributed by atoms with Crippen LogP contribution in [0.15, 0.2) is 18.2 Å². The van der Waals surface area contributed by atoms with Crippen LogP contribution in [-0.2, 0) is 6.54 Å². The quantitative estimate of drug-likeness (QED) is 0.716. The summed E-state index contributed by atoms with van der Waals surface area (Å²) in [6, 6.07) is 5.06. The Labute approximate surface area is 85.5 Å². The molecule has 1 rings (SSSR count). The number of hydrogen-bond donors (Lipinski definition) is 0. The molecule has 0 fully saturated rings. The number of rotatable bonds is 3. The molecule has 1 nitrogen and oxygen atoms in total. The Bertz CT molecular complexity index is 305. The summed E-state index contributed by atoms with van der Waals surface area (Å²) in [5, 5.41) is 0. The molecule has 0 aliphatic rings. The smallest absolute Gasteiger partial charge is 0.123 e. The van der Waals surface area contributed by atoms with Crippen LogP contribution in [0.2, 0.25) is 0 Å². The summed E-state index contributed by atoms with van der Waals surface area (Å²) < 4.78 is 13.0. The van der Waals surface area contributed by atoms with Crippen LogP contribution in [0.1, 0.15) is 30.9 Å². The summed E-state index contributed by atoms with van der Waals surface area (Å²) in [5.74, 6) is 0.303. The van der Waals surface area contributed by atoms with E-state index in [-0.39, 0.29) is 5.82 Å². The first kappa shape index (κ1) is 11.2. The topological polar surface area (TPSA) is 3.24 Å². The second kappa shape index (κ2) is 4.56. The Hall–Kier alpha value is -0.890. The molecule has 0 unspecified atom stereocenters. The third kappa shape index (κ3) is 2.81. The van der Waals surface area contributed by atoms with E-state index in [4.69, 9.17) is 0 Å². The van der Waals surface area contributed by atoms with Crippen molar-refractivity contribution in [2.45, 2.75) is 26.3 Å². The standard InChI is InChI=1S/C12H18FN/c1-9(2)12-6-5-11(13)7-10(12)8-14(3)4/h5-7,9H,8H2,1-4H3. The van der Waals surface area contributed by atoms with E-state index in [2.05, 4.69) is 18.7 Å².